The molecule has 0 atom stereocenters. The monoisotopic (exact) mass is 347 g/mol. The van der Waals surface area contributed by atoms with E-state index >= 15 is 0 Å². The van der Waals surface area contributed by atoms with Crippen LogP contribution in [0.25, 0.3) is 6.08 Å². The fourth-order valence-electron chi connectivity index (χ4n) is 3.16. The molecule has 0 spiro atoms. The molecule has 1 heterocycles. The quantitative estimate of drug-likeness (QED) is 0.853. The van der Waals surface area contributed by atoms with Crippen molar-refractivity contribution in [2.75, 3.05) is 6.54 Å². The fourth-order valence-corrected chi connectivity index (χ4v) is 5.06. The molecule has 0 amide bonds. The summed E-state index contributed by atoms with van der Waals surface area (Å²) < 4.78 is 27.3. The van der Waals surface area contributed by atoms with Gasteiger partial charge in [-0.25, -0.2) is 13.1 Å². The molecule has 1 fully saturated rings. The Morgan fingerprint density at radius 1 is 1.09 bits per heavy atom. The molecule has 3 rings (SSSR count). The molecular formula is C18H21NO2S2. The summed E-state index contributed by atoms with van der Waals surface area (Å²) in [5.74, 6) is 0. The number of rotatable bonds is 6. The summed E-state index contributed by atoms with van der Waals surface area (Å²) in [6.45, 7) is 0.481. The maximum absolute atomic E-state index is 12.3. The van der Waals surface area contributed by atoms with E-state index in [9.17, 15) is 8.42 Å². The number of nitrogens with one attached hydrogen (secondary N) is 1. The average Bonchev–Trinajstić information content (AvgIpc) is 3.24. The standard InChI is InChI=1S/C18H21NO2S2/c20-23(21,14-10-16-7-2-1-3-8-16)19-15-18(11-4-5-12-18)17-9-6-13-22-17/h1-3,6-10,13-14,19H,4-5,11-12,15H2/b14-10+. The highest BCUT2D eigenvalue weighted by Gasteiger charge is 2.37. The van der Waals surface area contributed by atoms with E-state index in [0.717, 1.165) is 18.4 Å². The molecule has 1 N–H and O–H groups in total. The largest absolute Gasteiger partial charge is 0.233 e. The third kappa shape index (κ3) is 4.10. The van der Waals surface area contributed by atoms with Crippen LogP contribution in [-0.2, 0) is 15.4 Å². The predicted octanol–water partition coefficient (Wildman–Crippen LogP) is 4.15. The maximum atomic E-state index is 12.3. The number of hydrogen-bond acceptors (Lipinski definition) is 3. The van der Waals surface area contributed by atoms with Gasteiger partial charge >= 0.3 is 0 Å². The summed E-state index contributed by atoms with van der Waals surface area (Å²) >= 11 is 1.73. The van der Waals surface area contributed by atoms with Crippen LogP contribution < -0.4 is 4.72 Å². The lowest BCUT2D eigenvalue weighted by Crippen LogP contribution is -2.37. The molecule has 0 radical (unpaired) electrons. The second kappa shape index (κ2) is 6.99. The summed E-state index contributed by atoms with van der Waals surface area (Å²) in [5, 5.41) is 3.33. The summed E-state index contributed by atoms with van der Waals surface area (Å²) in [7, 11) is -3.42. The zero-order chi connectivity index (χ0) is 16.2. The molecule has 122 valence electrons. The summed E-state index contributed by atoms with van der Waals surface area (Å²) in [6.07, 6.45) is 6.07. The van der Waals surface area contributed by atoms with Crippen LogP contribution in [0.4, 0.5) is 0 Å². The van der Waals surface area contributed by atoms with E-state index in [1.54, 1.807) is 17.4 Å². The van der Waals surface area contributed by atoms with Gasteiger partial charge in [-0.05, 0) is 35.9 Å². The zero-order valence-corrected chi connectivity index (χ0v) is 14.6. The van der Waals surface area contributed by atoms with Crippen LogP contribution in [0, 0.1) is 0 Å². The van der Waals surface area contributed by atoms with Crippen molar-refractivity contribution in [1.82, 2.24) is 4.72 Å². The van der Waals surface area contributed by atoms with Crippen molar-refractivity contribution in [1.29, 1.82) is 0 Å². The molecule has 5 heteroatoms. The highest BCUT2D eigenvalue weighted by atomic mass is 32.2. The molecule has 1 aliphatic carbocycles. The van der Waals surface area contributed by atoms with Crippen molar-refractivity contribution in [2.45, 2.75) is 31.1 Å². The van der Waals surface area contributed by atoms with Crippen LogP contribution in [0.15, 0.2) is 53.3 Å². The Morgan fingerprint density at radius 2 is 1.83 bits per heavy atom. The Morgan fingerprint density at radius 3 is 2.48 bits per heavy atom. The lowest BCUT2D eigenvalue weighted by atomic mass is 9.85. The third-order valence-corrected chi connectivity index (χ3v) is 6.61. The van der Waals surface area contributed by atoms with Gasteiger partial charge in [0.25, 0.3) is 0 Å². The van der Waals surface area contributed by atoms with Gasteiger partial charge in [0, 0.05) is 22.2 Å². The number of hydrogen-bond donors (Lipinski definition) is 1. The van der Waals surface area contributed by atoms with Crippen molar-refractivity contribution >= 4 is 27.4 Å². The van der Waals surface area contributed by atoms with Gasteiger partial charge in [0.2, 0.25) is 10.0 Å². The van der Waals surface area contributed by atoms with Gasteiger partial charge in [-0.1, -0.05) is 49.2 Å². The van der Waals surface area contributed by atoms with Gasteiger partial charge in [-0.2, -0.15) is 0 Å². The lowest BCUT2D eigenvalue weighted by Gasteiger charge is -2.27. The first-order chi connectivity index (χ1) is 11.1. The van der Waals surface area contributed by atoms with E-state index in [4.69, 9.17) is 0 Å². The highest BCUT2D eigenvalue weighted by molar-refractivity contribution is 7.92. The smallest absolute Gasteiger partial charge is 0.211 e. The minimum absolute atomic E-state index is 0.0260. The Kier molecular flexibility index (Phi) is 4.99. The van der Waals surface area contributed by atoms with Gasteiger partial charge in [0.1, 0.15) is 0 Å². The second-order valence-corrected chi connectivity index (χ2v) is 8.64. The fraction of sp³-hybridized carbons (Fsp3) is 0.333. The minimum Gasteiger partial charge on any atom is -0.211 e. The minimum atomic E-state index is -3.42. The lowest BCUT2D eigenvalue weighted by molar-refractivity contribution is 0.441. The Balaban J connectivity index is 1.69. The van der Waals surface area contributed by atoms with Crippen LogP contribution in [0.2, 0.25) is 0 Å². The average molecular weight is 348 g/mol. The number of benzene rings is 1. The van der Waals surface area contributed by atoms with Gasteiger partial charge in [0.05, 0.1) is 0 Å². The molecule has 0 bridgehead atoms. The van der Waals surface area contributed by atoms with Gasteiger partial charge in [0.15, 0.2) is 0 Å². The van der Waals surface area contributed by atoms with Crippen LogP contribution in [0.1, 0.15) is 36.1 Å². The molecule has 1 aromatic heterocycles. The highest BCUT2D eigenvalue weighted by Crippen LogP contribution is 2.42. The Labute approximate surface area is 142 Å². The maximum Gasteiger partial charge on any atom is 0.233 e. The molecule has 2 aromatic rings. The molecule has 1 aliphatic rings. The molecule has 0 saturated heterocycles. The first kappa shape index (κ1) is 16.4. The Bertz CT molecular complexity index is 744. The van der Waals surface area contributed by atoms with E-state index < -0.39 is 10.0 Å². The molecule has 0 aliphatic heterocycles. The molecule has 1 aromatic carbocycles. The van der Waals surface area contributed by atoms with Crippen LogP contribution >= 0.6 is 11.3 Å². The molecule has 23 heavy (non-hydrogen) atoms. The topological polar surface area (TPSA) is 46.2 Å². The summed E-state index contributed by atoms with van der Waals surface area (Å²) in [6, 6.07) is 13.6. The van der Waals surface area contributed by atoms with Crippen molar-refractivity contribution in [3.05, 3.63) is 63.7 Å². The molecule has 0 unspecified atom stereocenters. The molecule has 3 nitrogen and oxygen atoms in total. The summed E-state index contributed by atoms with van der Waals surface area (Å²) in [5.41, 5.74) is 0.855. The SMILES string of the molecule is O=S(=O)(/C=C/c1ccccc1)NCC1(c2cccs2)CCCC1. The van der Waals surface area contributed by atoms with E-state index in [0.29, 0.717) is 6.54 Å². The molecule has 1 saturated carbocycles. The first-order valence-corrected chi connectivity index (χ1v) is 10.3. The van der Waals surface area contributed by atoms with Gasteiger partial charge in [-0.3, -0.25) is 0 Å². The second-order valence-electron chi connectivity index (χ2n) is 6.04. The Hall–Kier alpha value is -1.43. The van der Waals surface area contributed by atoms with Crippen molar-refractivity contribution in [3.8, 4) is 0 Å². The van der Waals surface area contributed by atoms with E-state index in [1.165, 1.54) is 23.1 Å². The van der Waals surface area contributed by atoms with Crippen LogP contribution in [0.3, 0.4) is 0 Å². The summed E-state index contributed by atoms with van der Waals surface area (Å²) in [4.78, 5) is 1.30. The molecular weight excluding hydrogens is 326 g/mol. The third-order valence-electron chi connectivity index (χ3n) is 4.46. The van der Waals surface area contributed by atoms with Crippen molar-refractivity contribution in [2.24, 2.45) is 0 Å². The normalized spacial score (nSPS) is 17.7. The number of thiophene rings is 1. The van der Waals surface area contributed by atoms with Gasteiger partial charge in [-0.15, -0.1) is 11.3 Å². The zero-order valence-electron chi connectivity index (χ0n) is 12.9. The van der Waals surface area contributed by atoms with Crippen LogP contribution in [0.5, 0.6) is 0 Å². The van der Waals surface area contributed by atoms with Crippen molar-refractivity contribution in [3.63, 3.8) is 0 Å². The van der Waals surface area contributed by atoms with E-state index in [1.807, 2.05) is 36.4 Å². The van der Waals surface area contributed by atoms with Crippen LogP contribution in [-0.4, -0.2) is 15.0 Å². The van der Waals surface area contributed by atoms with Gasteiger partial charge < -0.3 is 0 Å². The van der Waals surface area contributed by atoms with Crippen molar-refractivity contribution < 1.29 is 8.42 Å². The van der Waals surface area contributed by atoms with E-state index in [-0.39, 0.29) is 5.41 Å². The first-order valence-electron chi connectivity index (χ1n) is 7.87. The predicted molar refractivity (Wildman–Crippen MR) is 96.9 cm³/mol. The number of sulfonamides is 1. The van der Waals surface area contributed by atoms with E-state index in [2.05, 4.69) is 16.2 Å².